The van der Waals surface area contributed by atoms with Crippen molar-refractivity contribution < 1.29 is 4.79 Å². The van der Waals surface area contributed by atoms with Crippen molar-refractivity contribution in [3.63, 3.8) is 0 Å². The van der Waals surface area contributed by atoms with Crippen molar-refractivity contribution >= 4 is 17.3 Å². The third-order valence-electron chi connectivity index (χ3n) is 6.12. The van der Waals surface area contributed by atoms with Gasteiger partial charge in [-0.3, -0.25) is 4.79 Å². The molecule has 2 saturated heterocycles. The molecule has 2 aliphatic heterocycles. The lowest BCUT2D eigenvalue weighted by atomic mass is 9.84. The van der Waals surface area contributed by atoms with Gasteiger partial charge in [-0.15, -0.1) is 0 Å². The van der Waals surface area contributed by atoms with Crippen LogP contribution in [-0.4, -0.2) is 52.9 Å². The Labute approximate surface area is 150 Å². The standard InChI is InChI=1S/C20H28N4O/c1-3-19(25)15-6-4-14(5-7-15)16-10-21-20(22-11-16)24-17-8-9-18(24)13-23(2)12-17/h4,10-11,15,17-18H,3,5-9,12-13H2,1-2H3/t15-,17?,18?/m0/s1. The maximum Gasteiger partial charge on any atom is 0.225 e. The smallest absolute Gasteiger partial charge is 0.225 e. The first-order valence-electron chi connectivity index (χ1n) is 9.66. The minimum Gasteiger partial charge on any atom is -0.332 e. The van der Waals surface area contributed by atoms with Gasteiger partial charge in [0.05, 0.1) is 0 Å². The van der Waals surface area contributed by atoms with Gasteiger partial charge in [0.15, 0.2) is 0 Å². The molecule has 25 heavy (non-hydrogen) atoms. The van der Waals surface area contributed by atoms with E-state index >= 15 is 0 Å². The zero-order valence-corrected chi connectivity index (χ0v) is 15.3. The Balaban J connectivity index is 1.46. The Morgan fingerprint density at radius 1 is 1.16 bits per heavy atom. The fraction of sp³-hybridized carbons (Fsp3) is 0.650. The molecule has 1 aromatic heterocycles. The van der Waals surface area contributed by atoms with E-state index in [2.05, 4.69) is 22.9 Å². The number of anilines is 1. The zero-order chi connectivity index (χ0) is 17.4. The molecule has 134 valence electrons. The van der Waals surface area contributed by atoms with Gasteiger partial charge in [0, 0.05) is 55.5 Å². The van der Waals surface area contributed by atoms with Crippen molar-refractivity contribution in [3.05, 3.63) is 24.0 Å². The second-order valence-corrected chi connectivity index (χ2v) is 7.81. The summed E-state index contributed by atoms with van der Waals surface area (Å²) < 4.78 is 0. The lowest BCUT2D eigenvalue weighted by Gasteiger charge is -2.39. The van der Waals surface area contributed by atoms with Gasteiger partial charge in [-0.2, -0.15) is 0 Å². The molecule has 2 unspecified atom stereocenters. The van der Waals surface area contributed by atoms with E-state index in [0.717, 1.165) is 43.9 Å². The van der Waals surface area contributed by atoms with Gasteiger partial charge in [-0.1, -0.05) is 13.0 Å². The summed E-state index contributed by atoms with van der Waals surface area (Å²) in [5.74, 6) is 1.50. The molecule has 2 fully saturated rings. The summed E-state index contributed by atoms with van der Waals surface area (Å²) >= 11 is 0. The topological polar surface area (TPSA) is 49.3 Å². The molecule has 0 radical (unpaired) electrons. The molecule has 1 aromatic rings. The van der Waals surface area contributed by atoms with Crippen molar-refractivity contribution in [2.24, 2.45) is 5.92 Å². The van der Waals surface area contributed by atoms with E-state index in [-0.39, 0.29) is 5.92 Å². The fourth-order valence-electron chi connectivity index (χ4n) is 4.74. The van der Waals surface area contributed by atoms with Gasteiger partial charge in [-0.05, 0) is 44.7 Å². The van der Waals surface area contributed by atoms with Gasteiger partial charge in [-0.25, -0.2) is 9.97 Å². The molecule has 0 spiro atoms. The first-order valence-corrected chi connectivity index (χ1v) is 9.66. The van der Waals surface area contributed by atoms with Gasteiger partial charge in [0.2, 0.25) is 5.95 Å². The van der Waals surface area contributed by atoms with E-state index in [0.29, 0.717) is 24.3 Å². The minimum absolute atomic E-state index is 0.218. The number of hydrogen-bond donors (Lipinski definition) is 0. The zero-order valence-electron chi connectivity index (χ0n) is 15.3. The number of carbonyl (C=O) groups is 1. The first-order chi connectivity index (χ1) is 12.2. The molecule has 5 nitrogen and oxygen atoms in total. The summed E-state index contributed by atoms with van der Waals surface area (Å²) in [6.45, 7) is 4.18. The van der Waals surface area contributed by atoms with E-state index in [1.165, 1.54) is 18.4 Å². The number of ketones is 1. The average Bonchev–Trinajstić information content (AvgIpc) is 2.92. The predicted molar refractivity (Wildman–Crippen MR) is 99.4 cm³/mol. The molecule has 5 heteroatoms. The van der Waals surface area contributed by atoms with Crippen LogP contribution < -0.4 is 4.90 Å². The second-order valence-electron chi connectivity index (χ2n) is 7.81. The van der Waals surface area contributed by atoms with Crippen molar-refractivity contribution in [1.82, 2.24) is 14.9 Å². The molecule has 0 N–H and O–H groups in total. The fourth-order valence-corrected chi connectivity index (χ4v) is 4.74. The van der Waals surface area contributed by atoms with Crippen molar-refractivity contribution in [2.75, 3.05) is 25.0 Å². The molecule has 4 rings (SSSR count). The number of likely N-dealkylation sites (N-methyl/N-ethyl adjacent to an activating group) is 1. The van der Waals surface area contributed by atoms with E-state index in [9.17, 15) is 4.79 Å². The quantitative estimate of drug-likeness (QED) is 0.843. The van der Waals surface area contributed by atoms with Crippen LogP contribution in [0.2, 0.25) is 0 Å². The van der Waals surface area contributed by atoms with Crippen molar-refractivity contribution in [1.29, 1.82) is 0 Å². The number of hydrogen-bond acceptors (Lipinski definition) is 5. The van der Waals surface area contributed by atoms with Crippen LogP contribution >= 0.6 is 0 Å². The lowest BCUT2D eigenvalue weighted by molar-refractivity contribution is -0.122. The number of fused-ring (bicyclic) bond motifs is 2. The highest BCUT2D eigenvalue weighted by atomic mass is 16.1. The molecule has 0 aromatic carbocycles. The average molecular weight is 340 g/mol. The third kappa shape index (κ3) is 3.22. The van der Waals surface area contributed by atoms with Gasteiger partial charge < -0.3 is 9.80 Å². The van der Waals surface area contributed by atoms with E-state index in [1.807, 2.05) is 19.3 Å². The molecule has 0 saturated carbocycles. The first kappa shape index (κ1) is 16.7. The largest absolute Gasteiger partial charge is 0.332 e. The summed E-state index contributed by atoms with van der Waals surface area (Å²) in [6.07, 6.45) is 12.1. The maximum absolute atomic E-state index is 11.9. The highest BCUT2D eigenvalue weighted by Gasteiger charge is 2.40. The maximum atomic E-state index is 11.9. The van der Waals surface area contributed by atoms with E-state index in [4.69, 9.17) is 9.97 Å². The van der Waals surface area contributed by atoms with Crippen LogP contribution in [0.1, 0.15) is 51.0 Å². The SMILES string of the molecule is CCC(=O)[C@H]1CC=C(c2cnc(N3C4CCC3CN(C)C4)nc2)CC1. The number of Topliss-reactive ketones (excluding diaryl/α,β-unsaturated/α-hetero) is 1. The second kappa shape index (κ2) is 6.87. The Hall–Kier alpha value is -1.75. The van der Waals surface area contributed by atoms with Crippen LogP contribution in [0.5, 0.6) is 0 Å². The Morgan fingerprint density at radius 3 is 2.40 bits per heavy atom. The number of likely N-dealkylation sites (tertiary alicyclic amines) is 1. The number of nitrogens with zero attached hydrogens (tertiary/aromatic N) is 4. The number of carbonyl (C=O) groups excluding carboxylic acids is 1. The van der Waals surface area contributed by atoms with Crippen LogP contribution in [0.3, 0.4) is 0 Å². The number of rotatable bonds is 4. The summed E-state index contributed by atoms with van der Waals surface area (Å²) in [6, 6.07) is 1.12. The molecule has 2 bridgehead atoms. The number of allylic oxidation sites excluding steroid dienone is 2. The monoisotopic (exact) mass is 340 g/mol. The molecule has 3 atom stereocenters. The van der Waals surface area contributed by atoms with E-state index < -0.39 is 0 Å². The van der Waals surface area contributed by atoms with Gasteiger partial charge in [0.25, 0.3) is 0 Å². The van der Waals surface area contributed by atoms with Crippen LogP contribution in [0, 0.1) is 5.92 Å². The van der Waals surface area contributed by atoms with Gasteiger partial charge >= 0.3 is 0 Å². The summed E-state index contributed by atoms with van der Waals surface area (Å²) in [5, 5.41) is 0. The molecular weight excluding hydrogens is 312 g/mol. The number of aromatic nitrogens is 2. The third-order valence-corrected chi connectivity index (χ3v) is 6.12. The van der Waals surface area contributed by atoms with Crippen molar-refractivity contribution in [2.45, 2.75) is 57.5 Å². The molecular formula is C20H28N4O. The van der Waals surface area contributed by atoms with Crippen LogP contribution in [0.15, 0.2) is 18.5 Å². The minimum atomic E-state index is 0.218. The van der Waals surface area contributed by atoms with Crippen molar-refractivity contribution in [3.8, 4) is 0 Å². The van der Waals surface area contributed by atoms with Crippen LogP contribution in [0.25, 0.3) is 5.57 Å². The van der Waals surface area contributed by atoms with Gasteiger partial charge in [0.1, 0.15) is 5.78 Å². The highest BCUT2D eigenvalue weighted by Crippen LogP contribution is 2.34. The Bertz CT molecular complexity index is 655. The molecule has 1 aliphatic carbocycles. The summed E-state index contributed by atoms with van der Waals surface area (Å²) in [7, 11) is 2.21. The summed E-state index contributed by atoms with van der Waals surface area (Å²) in [5.41, 5.74) is 2.42. The highest BCUT2D eigenvalue weighted by molar-refractivity contribution is 5.82. The summed E-state index contributed by atoms with van der Waals surface area (Å²) in [4.78, 5) is 26.1. The van der Waals surface area contributed by atoms with Crippen LogP contribution in [-0.2, 0) is 4.79 Å². The number of piperazine rings is 1. The van der Waals surface area contributed by atoms with Crippen LogP contribution in [0.4, 0.5) is 5.95 Å². The normalized spacial score (nSPS) is 29.6. The van der Waals surface area contributed by atoms with E-state index in [1.54, 1.807) is 0 Å². The lowest BCUT2D eigenvalue weighted by Crippen LogP contribution is -2.53. The predicted octanol–water partition coefficient (Wildman–Crippen LogP) is 2.92. The molecule has 0 amide bonds. The Morgan fingerprint density at radius 2 is 1.84 bits per heavy atom. The molecule has 3 heterocycles. The Kier molecular flexibility index (Phi) is 4.59. The molecule has 3 aliphatic rings.